The van der Waals surface area contributed by atoms with Crippen molar-refractivity contribution < 1.29 is 9.53 Å². The Morgan fingerprint density at radius 1 is 0.971 bits per heavy atom. The first kappa shape index (κ1) is 23.1. The second kappa shape index (κ2) is 10.7. The Morgan fingerprint density at radius 3 is 2.26 bits per heavy atom. The number of carbonyl (C=O) groups excluding carboxylic acids is 1. The van der Waals surface area contributed by atoms with Crippen LogP contribution in [0.3, 0.4) is 0 Å². The Balaban J connectivity index is 1.29. The zero-order valence-corrected chi connectivity index (χ0v) is 20.4. The van der Waals surface area contributed by atoms with Crippen LogP contribution in [0.25, 0.3) is 10.6 Å². The molecule has 1 fully saturated rings. The molecular formula is C28H28N4O2S. The standard InChI is InChI=1S/C28H28N4O2S/c1-34-24-16-14-22(15-17-24)26-30-31-27(35-26)23-13-8-18-32(19-23)28(33)29-25(20-9-4-2-5-10-20)21-11-6-3-7-12-21/h2-7,9-12,14-17,23,25H,8,13,18-19H2,1H3,(H,29,33). The number of nitrogens with zero attached hydrogens (tertiary/aromatic N) is 3. The Labute approximate surface area is 209 Å². The second-order valence-corrected chi connectivity index (χ2v) is 9.67. The number of hydrogen-bond donors (Lipinski definition) is 1. The number of urea groups is 1. The third-order valence-electron chi connectivity index (χ3n) is 6.37. The van der Waals surface area contributed by atoms with E-state index in [9.17, 15) is 4.79 Å². The van der Waals surface area contributed by atoms with Gasteiger partial charge in [0.1, 0.15) is 15.8 Å². The van der Waals surface area contributed by atoms with Crippen molar-refractivity contribution in [1.82, 2.24) is 20.4 Å². The molecule has 6 nitrogen and oxygen atoms in total. The number of nitrogens with one attached hydrogen (secondary N) is 1. The van der Waals surface area contributed by atoms with E-state index in [0.29, 0.717) is 6.54 Å². The molecule has 1 atom stereocenters. The molecule has 1 unspecified atom stereocenters. The summed E-state index contributed by atoms with van der Waals surface area (Å²) in [6, 6.07) is 27.8. The SMILES string of the molecule is COc1ccc(-c2nnc(C3CCCN(C(=O)NC(c4ccccc4)c4ccccc4)C3)s2)cc1. The van der Waals surface area contributed by atoms with E-state index in [4.69, 9.17) is 4.74 Å². The molecule has 178 valence electrons. The van der Waals surface area contributed by atoms with Crippen molar-refractivity contribution >= 4 is 17.4 Å². The number of ether oxygens (including phenoxy) is 1. The van der Waals surface area contributed by atoms with Gasteiger partial charge in [-0.25, -0.2) is 4.79 Å². The first-order valence-corrected chi connectivity index (χ1v) is 12.7. The monoisotopic (exact) mass is 484 g/mol. The van der Waals surface area contributed by atoms with Gasteiger partial charge in [0.25, 0.3) is 0 Å². The van der Waals surface area contributed by atoms with Crippen molar-refractivity contribution in [2.24, 2.45) is 0 Å². The van der Waals surface area contributed by atoms with Crippen LogP contribution in [-0.2, 0) is 0 Å². The van der Waals surface area contributed by atoms with Crippen molar-refractivity contribution in [2.45, 2.75) is 24.8 Å². The summed E-state index contributed by atoms with van der Waals surface area (Å²) in [6.45, 7) is 1.38. The zero-order chi connectivity index (χ0) is 24.0. The van der Waals surface area contributed by atoms with E-state index in [1.807, 2.05) is 65.6 Å². The van der Waals surface area contributed by atoms with E-state index < -0.39 is 0 Å². The highest BCUT2D eigenvalue weighted by molar-refractivity contribution is 7.14. The topological polar surface area (TPSA) is 67.4 Å². The quantitative estimate of drug-likeness (QED) is 0.370. The molecule has 0 spiro atoms. The molecular weight excluding hydrogens is 456 g/mol. The molecule has 1 N–H and O–H groups in total. The third kappa shape index (κ3) is 5.35. The van der Waals surface area contributed by atoms with Gasteiger partial charge in [0.2, 0.25) is 0 Å². The highest BCUT2D eigenvalue weighted by atomic mass is 32.1. The predicted octanol–water partition coefficient (Wildman–Crippen LogP) is 5.89. The molecule has 0 saturated carbocycles. The van der Waals surface area contributed by atoms with Gasteiger partial charge >= 0.3 is 6.03 Å². The fourth-order valence-corrected chi connectivity index (χ4v) is 5.45. The first-order valence-electron chi connectivity index (χ1n) is 11.8. The molecule has 7 heteroatoms. The van der Waals surface area contributed by atoms with E-state index >= 15 is 0 Å². The minimum absolute atomic E-state index is 0.0488. The summed E-state index contributed by atoms with van der Waals surface area (Å²) in [6.07, 6.45) is 1.94. The number of amides is 2. The van der Waals surface area contributed by atoms with E-state index in [0.717, 1.165) is 51.8 Å². The van der Waals surface area contributed by atoms with Gasteiger partial charge < -0.3 is 15.0 Å². The number of aromatic nitrogens is 2. The van der Waals surface area contributed by atoms with Crippen molar-refractivity contribution in [3.8, 4) is 16.3 Å². The van der Waals surface area contributed by atoms with Crippen molar-refractivity contribution in [2.75, 3.05) is 20.2 Å². The van der Waals surface area contributed by atoms with Crippen LogP contribution < -0.4 is 10.1 Å². The third-order valence-corrected chi connectivity index (χ3v) is 7.50. The Morgan fingerprint density at radius 2 is 1.63 bits per heavy atom. The lowest BCUT2D eigenvalue weighted by molar-refractivity contribution is 0.177. The number of hydrogen-bond acceptors (Lipinski definition) is 5. The Bertz CT molecular complexity index is 1210. The van der Waals surface area contributed by atoms with Gasteiger partial charge in [-0.2, -0.15) is 0 Å². The molecule has 1 saturated heterocycles. The zero-order valence-electron chi connectivity index (χ0n) is 19.6. The van der Waals surface area contributed by atoms with Gasteiger partial charge in [-0.3, -0.25) is 0 Å². The van der Waals surface area contributed by atoms with E-state index in [2.05, 4.69) is 39.8 Å². The van der Waals surface area contributed by atoms with Crippen LogP contribution in [0.5, 0.6) is 5.75 Å². The molecule has 4 aromatic rings. The summed E-state index contributed by atoms with van der Waals surface area (Å²) in [7, 11) is 1.66. The lowest BCUT2D eigenvalue weighted by Gasteiger charge is -2.33. The van der Waals surface area contributed by atoms with Crippen molar-refractivity contribution in [1.29, 1.82) is 0 Å². The molecule has 1 aromatic heterocycles. The van der Waals surface area contributed by atoms with E-state index in [1.54, 1.807) is 18.4 Å². The number of rotatable bonds is 6. The fraction of sp³-hybridized carbons (Fsp3) is 0.250. The van der Waals surface area contributed by atoms with Gasteiger partial charge in [0.15, 0.2) is 0 Å². The van der Waals surface area contributed by atoms with E-state index in [-0.39, 0.29) is 18.0 Å². The molecule has 3 aromatic carbocycles. The Hall–Kier alpha value is -3.71. The van der Waals surface area contributed by atoms with Crippen LogP contribution in [0.15, 0.2) is 84.9 Å². The molecule has 0 radical (unpaired) electrons. The number of benzene rings is 3. The first-order chi connectivity index (χ1) is 17.2. The van der Waals surface area contributed by atoms with Crippen LogP contribution in [0, 0.1) is 0 Å². The molecule has 5 rings (SSSR count). The van der Waals surface area contributed by atoms with Gasteiger partial charge in [-0.15, -0.1) is 10.2 Å². The van der Waals surface area contributed by atoms with Crippen molar-refractivity contribution in [3.63, 3.8) is 0 Å². The average molecular weight is 485 g/mol. The van der Waals surface area contributed by atoms with E-state index in [1.165, 1.54) is 0 Å². The normalized spacial score (nSPS) is 15.7. The lowest BCUT2D eigenvalue weighted by Crippen LogP contribution is -2.46. The summed E-state index contributed by atoms with van der Waals surface area (Å²) >= 11 is 1.61. The maximum absolute atomic E-state index is 13.4. The number of piperidine rings is 1. The summed E-state index contributed by atoms with van der Waals surface area (Å²) in [5.41, 5.74) is 3.15. The molecule has 1 aliphatic rings. The molecule has 35 heavy (non-hydrogen) atoms. The molecule has 1 aliphatic heterocycles. The second-order valence-electron chi connectivity index (χ2n) is 8.66. The highest BCUT2D eigenvalue weighted by Gasteiger charge is 2.29. The van der Waals surface area contributed by atoms with Crippen LogP contribution >= 0.6 is 11.3 Å². The smallest absolute Gasteiger partial charge is 0.318 e. The minimum atomic E-state index is -0.200. The minimum Gasteiger partial charge on any atom is -0.497 e. The number of carbonyl (C=O) groups is 1. The van der Waals surface area contributed by atoms with Gasteiger partial charge in [-0.05, 0) is 48.2 Å². The Kier molecular flexibility index (Phi) is 7.04. The van der Waals surface area contributed by atoms with Gasteiger partial charge in [0, 0.05) is 24.6 Å². The fourth-order valence-electron chi connectivity index (χ4n) is 4.48. The predicted molar refractivity (Wildman–Crippen MR) is 139 cm³/mol. The lowest BCUT2D eigenvalue weighted by atomic mass is 9.98. The summed E-state index contributed by atoms with van der Waals surface area (Å²) in [5, 5.41) is 14.1. The number of methoxy groups -OCH3 is 1. The molecule has 0 bridgehead atoms. The van der Waals surface area contributed by atoms with Gasteiger partial charge in [-0.1, -0.05) is 72.0 Å². The van der Waals surface area contributed by atoms with Crippen LogP contribution in [0.4, 0.5) is 4.79 Å². The number of likely N-dealkylation sites (tertiary alicyclic amines) is 1. The average Bonchev–Trinajstić information content (AvgIpc) is 3.43. The summed E-state index contributed by atoms with van der Waals surface area (Å²) in [4.78, 5) is 15.3. The summed E-state index contributed by atoms with van der Waals surface area (Å²) in [5.74, 6) is 1.00. The molecule has 2 amide bonds. The highest BCUT2D eigenvalue weighted by Crippen LogP contribution is 2.33. The van der Waals surface area contributed by atoms with Crippen LogP contribution in [0.2, 0.25) is 0 Å². The largest absolute Gasteiger partial charge is 0.497 e. The maximum atomic E-state index is 13.4. The van der Waals surface area contributed by atoms with Crippen molar-refractivity contribution in [3.05, 3.63) is 101 Å². The van der Waals surface area contributed by atoms with Crippen LogP contribution in [0.1, 0.15) is 40.9 Å². The molecule has 0 aliphatic carbocycles. The van der Waals surface area contributed by atoms with Gasteiger partial charge in [0.05, 0.1) is 13.2 Å². The van der Waals surface area contributed by atoms with Crippen LogP contribution in [-0.4, -0.2) is 41.3 Å². The summed E-state index contributed by atoms with van der Waals surface area (Å²) < 4.78 is 5.25. The maximum Gasteiger partial charge on any atom is 0.318 e. The molecule has 2 heterocycles.